The lowest BCUT2D eigenvalue weighted by Gasteiger charge is -2.26. The van der Waals surface area contributed by atoms with Gasteiger partial charge in [-0.2, -0.15) is 11.8 Å². The van der Waals surface area contributed by atoms with Crippen molar-refractivity contribution in [1.82, 2.24) is 4.98 Å². The van der Waals surface area contributed by atoms with Crippen LogP contribution >= 0.6 is 11.8 Å². The van der Waals surface area contributed by atoms with Gasteiger partial charge in [-0.25, -0.2) is 0 Å². The van der Waals surface area contributed by atoms with Crippen LogP contribution in [0.5, 0.6) is 0 Å². The van der Waals surface area contributed by atoms with E-state index in [-0.39, 0.29) is 0 Å². The molecule has 1 atom stereocenters. The molecule has 0 fully saturated rings. The van der Waals surface area contributed by atoms with E-state index in [1.54, 1.807) is 0 Å². The molecule has 0 saturated carbocycles. The zero-order valence-corrected chi connectivity index (χ0v) is 11.1. The summed E-state index contributed by atoms with van der Waals surface area (Å²) in [7, 11) is 2.12. The molecule has 1 unspecified atom stereocenters. The van der Waals surface area contributed by atoms with Crippen molar-refractivity contribution < 1.29 is 0 Å². The summed E-state index contributed by atoms with van der Waals surface area (Å²) >= 11 is 1.89. The molecule has 4 heteroatoms. The highest BCUT2D eigenvalue weighted by atomic mass is 32.2. The lowest BCUT2D eigenvalue weighted by Crippen LogP contribution is -2.29. The molecule has 0 aliphatic heterocycles. The van der Waals surface area contributed by atoms with Crippen LogP contribution in [0.1, 0.15) is 19.0 Å². The first-order valence-corrected chi connectivity index (χ1v) is 6.95. The quantitative estimate of drug-likeness (QED) is 0.825. The minimum Gasteiger partial charge on any atom is -0.371 e. The highest BCUT2D eigenvalue weighted by Gasteiger charge is 2.09. The van der Waals surface area contributed by atoms with Crippen molar-refractivity contribution in [2.75, 3.05) is 24.0 Å². The Balaban J connectivity index is 2.60. The third-order valence-corrected chi connectivity index (χ3v) is 3.47. The lowest BCUT2D eigenvalue weighted by molar-refractivity contribution is 0.668. The summed E-state index contributed by atoms with van der Waals surface area (Å²) in [5, 5.41) is 0. The molecule has 2 N–H and O–H groups in total. The number of nitrogens with two attached hydrogens (primary N) is 1. The molecule has 0 amide bonds. The Morgan fingerprint density at radius 1 is 1.50 bits per heavy atom. The topological polar surface area (TPSA) is 42.1 Å². The molecule has 1 aromatic heterocycles. The molecule has 1 aromatic rings. The predicted octanol–water partition coefficient (Wildman–Crippen LogP) is 2.12. The number of rotatable bonds is 6. The number of hydrogen-bond donors (Lipinski definition) is 1. The molecule has 0 bridgehead atoms. The maximum absolute atomic E-state index is 5.52. The predicted molar refractivity (Wildman–Crippen MR) is 73.0 cm³/mol. The van der Waals surface area contributed by atoms with Crippen molar-refractivity contribution in [3.05, 3.63) is 24.0 Å². The summed E-state index contributed by atoms with van der Waals surface area (Å²) < 4.78 is 0. The third-order valence-electron chi connectivity index (χ3n) is 2.83. The average Bonchev–Trinajstić information content (AvgIpc) is 2.35. The second-order valence-corrected chi connectivity index (χ2v) is 4.94. The van der Waals surface area contributed by atoms with E-state index < -0.39 is 0 Å². The van der Waals surface area contributed by atoms with Crippen molar-refractivity contribution in [3.63, 3.8) is 0 Å². The van der Waals surface area contributed by atoms with Gasteiger partial charge in [-0.05, 0) is 37.5 Å². The Morgan fingerprint density at radius 2 is 2.25 bits per heavy atom. The molecule has 1 rings (SSSR count). The molecule has 1 heterocycles. The molecular formula is C12H21N3S. The monoisotopic (exact) mass is 239 g/mol. The maximum atomic E-state index is 5.52. The van der Waals surface area contributed by atoms with Crippen molar-refractivity contribution in [1.29, 1.82) is 0 Å². The van der Waals surface area contributed by atoms with E-state index in [0.717, 1.165) is 11.4 Å². The summed E-state index contributed by atoms with van der Waals surface area (Å²) in [5.41, 5.74) is 7.62. The highest BCUT2D eigenvalue weighted by Crippen LogP contribution is 2.16. The van der Waals surface area contributed by atoms with Gasteiger partial charge in [-0.3, -0.25) is 4.98 Å². The molecule has 0 aliphatic rings. The fourth-order valence-corrected chi connectivity index (χ4v) is 2.06. The van der Waals surface area contributed by atoms with E-state index in [4.69, 9.17) is 5.73 Å². The number of pyridine rings is 1. The van der Waals surface area contributed by atoms with Crippen LogP contribution in [0.2, 0.25) is 0 Å². The largest absolute Gasteiger partial charge is 0.371 e. The number of anilines is 1. The summed E-state index contributed by atoms with van der Waals surface area (Å²) in [4.78, 5) is 6.58. The lowest BCUT2D eigenvalue weighted by atomic mass is 10.2. The minimum atomic E-state index is 0.506. The van der Waals surface area contributed by atoms with Crippen LogP contribution in [0.4, 0.5) is 5.69 Å². The van der Waals surface area contributed by atoms with Crippen LogP contribution in [-0.4, -0.2) is 30.1 Å². The Morgan fingerprint density at radius 3 is 2.75 bits per heavy atom. The fraction of sp³-hybridized carbons (Fsp3) is 0.583. The summed E-state index contributed by atoms with van der Waals surface area (Å²) in [6, 6.07) is 4.62. The van der Waals surface area contributed by atoms with Gasteiger partial charge in [-0.15, -0.1) is 0 Å². The molecule has 90 valence electrons. The number of thioether (sulfide) groups is 1. The van der Waals surface area contributed by atoms with Gasteiger partial charge in [0.25, 0.3) is 0 Å². The van der Waals surface area contributed by atoms with Crippen LogP contribution in [0.25, 0.3) is 0 Å². The zero-order chi connectivity index (χ0) is 12.0. The van der Waals surface area contributed by atoms with Crippen LogP contribution in [0.15, 0.2) is 18.3 Å². The van der Waals surface area contributed by atoms with E-state index in [2.05, 4.69) is 36.2 Å². The molecule has 0 spiro atoms. The van der Waals surface area contributed by atoms with E-state index in [0.29, 0.717) is 12.6 Å². The van der Waals surface area contributed by atoms with Gasteiger partial charge in [0, 0.05) is 19.6 Å². The van der Waals surface area contributed by atoms with Crippen molar-refractivity contribution in [2.45, 2.75) is 25.9 Å². The Kier molecular flexibility index (Phi) is 5.63. The summed E-state index contributed by atoms with van der Waals surface area (Å²) in [5.74, 6) is 1.19. The normalized spacial score (nSPS) is 12.5. The zero-order valence-electron chi connectivity index (χ0n) is 10.3. The number of hydrogen-bond acceptors (Lipinski definition) is 4. The van der Waals surface area contributed by atoms with E-state index in [1.165, 1.54) is 12.2 Å². The van der Waals surface area contributed by atoms with Gasteiger partial charge >= 0.3 is 0 Å². The van der Waals surface area contributed by atoms with Gasteiger partial charge < -0.3 is 10.6 Å². The van der Waals surface area contributed by atoms with Crippen molar-refractivity contribution in [2.24, 2.45) is 5.73 Å². The second kappa shape index (κ2) is 6.76. The van der Waals surface area contributed by atoms with Crippen LogP contribution < -0.4 is 10.6 Å². The standard InChI is InChI=1S/C12H21N3S/c1-10(6-7-16-3)15(2)12-5-4-11(8-13)14-9-12/h4-5,9-10H,6-8,13H2,1-3H3. The van der Waals surface area contributed by atoms with E-state index in [1.807, 2.05) is 24.0 Å². The molecule has 0 aliphatic carbocycles. The van der Waals surface area contributed by atoms with E-state index in [9.17, 15) is 0 Å². The smallest absolute Gasteiger partial charge is 0.0552 e. The molecule has 0 aromatic carbocycles. The average molecular weight is 239 g/mol. The van der Waals surface area contributed by atoms with Gasteiger partial charge in [0.15, 0.2) is 0 Å². The van der Waals surface area contributed by atoms with Gasteiger partial charge in [0.1, 0.15) is 0 Å². The van der Waals surface area contributed by atoms with Crippen LogP contribution in [0.3, 0.4) is 0 Å². The Bertz CT molecular complexity index is 300. The Hall–Kier alpha value is -0.740. The SMILES string of the molecule is CSCCC(C)N(C)c1ccc(CN)nc1. The third kappa shape index (κ3) is 3.68. The first kappa shape index (κ1) is 13.3. The number of aromatic nitrogens is 1. The van der Waals surface area contributed by atoms with Crippen LogP contribution in [-0.2, 0) is 6.54 Å². The first-order valence-electron chi connectivity index (χ1n) is 5.55. The van der Waals surface area contributed by atoms with Crippen molar-refractivity contribution in [3.8, 4) is 0 Å². The number of nitrogens with zero attached hydrogens (tertiary/aromatic N) is 2. The Labute approximate surface area is 102 Å². The highest BCUT2D eigenvalue weighted by molar-refractivity contribution is 7.98. The van der Waals surface area contributed by atoms with Gasteiger partial charge in [0.05, 0.1) is 17.6 Å². The molecule has 3 nitrogen and oxygen atoms in total. The summed E-state index contributed by atoms with van der Waals surface area (Å²) in [6.07, 6.45) is 5.23. The maximum Gasteiger partial charge on any atom is 0.0552 e. The molecule has 0 saturated heterocycles. The summed E-state index contributed by atoms with van der Waals surface area (Å²) in [6.45, 7) is 2.75. The molecule has 0 radical (unpaired) electrons. The van der Waals surface area contributed by atoms with E-state index >= 15 is 0 Å². The minimum absolute atomic E-state index is 0.506. The molecule has 16 heavy (non-hydrogen) atoms. The van der Waals surface area contributed by atoms with Crippen LogP contribution in [0, 0.1) is 0 Å². The van der Waals surface area contributed by atoms with Gasteiger partial charge in [0.2, 0.25) is 0 Å². The fourth-order valence-electron chi connectivity index (χ4n) is 1.48. The second-order valence-electron chi connectivity index (χ2n) is 3.95. The van der Waals surface area contributed by atoms with Crippen molar-refractivity contribution >= 4 is 17.4 Å². The van der Waals surface area contributed by atoms with Gasteiger partial charge in [-0.1, -0.05) is 0 Å². The molecular weight excluding hydrogens is 218 g/mol. The first-order chi connectivity index (χ1) is 7.69.